The van der Waals surface area contributed by atoms with E-state index in [2.05, 4.69) is 10.2 Å². The number of hydrogen-bond donors (Lipinski definition) is 2. The van der Waals surface area contributed by atoms with Crippen molar-refractivity contribution in [2.24, 2.45) is 17.6 Å². The van der Waals surface area contributed by atoms with Crippen LogP contribution in [-0.4, -0.2) is 35.5 Å². The van der Waals surface area contributed by atoms with Crippen LogP contribution >= 0.6 is 0 Å². The fourth-order valence-corrected chi connectivity index (χ4v) is 5.83. The predicted molar refractivity (Wildman–Crippen MR) is 106 cm³/mol. The smallest absolute Gasteiger partial charge is 0.243 e. The molecule has 3 N–H and O–H groups in total. The first-order valence-electron chi connectivity index (χ1n) is 10.6. The van der Waals surface area contributed by atoms with Crippen molar-refractivity contribution in [2.75, 3.05) is 18.4 Å². The first-order chi connectivity index (χ1) is 12.7. The van der Waals surface area contributed by atoms with Crippen LogP contribution in [0.15, 0.2) is 30.3 Å². The van der Waals surface area contributed by atoms with E-state index in [1.54, 1.807) is 0 Å². The zero-order valence-electron chi connectivity index (χ0n) is 15.8. The summed E-state index contributed by atoms with van der Waals surface area (Å²) < 4.78 is 0. The summed E-state index contributed by atoms with van der Waals surface area (Å²) in [6.45, 7) is 1.97. The number of primary amides is 1. The zero-order valence-corrected chi connectivity index (χ0v) is 15.8. The molecule has 1 saturated heterocycles. The van der Waals surface area contributed by atoms with Gasteiger partial charge in [-0.2, -0.15) is 0 Å². The van der Waals surface area contributed by atoms with Gasteiger partial charge < -0.3 is 11.1 Å². The van der Waals surface area contributed by atoms with E-state index in [0.717, 1.165) is 49.5 Å². The van der Waals surface area contributed by atoms with Crippen molar-refractivity contribution in [3.05, 3.63) is 30.3 Å². The zero-order chi connectivity index (χ0) is 18.0. The first kappa shape index (κ1) is 17.8. The number of hydrogen-bond acceptors (Lipinski definition) is 3. The Kier molecular flexibility index (Phi) is 5.21. The number of likely N-dealkylation sites (tertiary alicyclic amines) is 1. The Bertz CT molecular complexity index is 607. The molecule has 1 heterocycles. The molecular formula is C22H33N3O. The van der Waals surface area contributed by atoms with Crippen LogP contribution in [0, 0.1) is 11.8 Å². The molecule has 4 rings (SSSR count). The van der Waals surface area contributed by atoms with Crippen LogP contribution in [-0.2, 0) is 4.79 Å². The lowest BCUT2D eigenvalue weighted by Crippen LogP contribution is -2.60. The number of anilines is 1. The number of nitrogens with zero attached hydrogens (tertiary/aromatic N) is 1. The number of nitrogens with one attached hydrogen (secondary N) is 1. The van der Waals surface area contributed by atoms with Gasteiger partial charge in [0.15, 0.2) is 0 Å². The lowest BCUT2D eigenvalue weighted by atomic mass is 9.67. The highest BCUT2D eigenvalue weighted by Crippen LogP contribution is 2.43. The summed E-state index contributed by atoms with van der Waals surface area (Å²) in [5, 5.41) is 3.47. The van der Waals surface area contributed by atoms with Crippen LogP contribution < -0.4 is 11.1 Å². The van der Waals surface area contributed by atoms with Crippen LogP contribution in [0.5, 0.6) is 0 Å². The van der Waals surface area contributed by atoms with Gasteiger partial charge in [-0.3, -0.25) is 9.69 Å². The molecule has 0 radical (unpaired) electrons. The van der Waals surface area contributed by atoms with Crippen molar-refractivity contribution in [2.45, 2.75) is 69.4 Å². The number of rotatable bonds is 4. The van der Waals surface area contributed by atoms with Crippen molar-refractivity contribution in [3.63, 3.8) is 0 Å². The molecule has 0 unspecified atom stereocenters. The van der Waals surface area contributed by atoms with Crippen molar-refractivity contribution >= 4 is 11.6 Å². The van der Waals surface area contributed by atoms with Crippen LogP contribution in [0.1, 0.15) is 57.8 Å². The molecule has 2 saturated carbocycles. The van der Waals surface area contributed by atoms with E-state index in [4.69, 9.17) is 5.73 Å². The number of carbonyl (C=O) groups is 1. The minimum atomic E-state index is -0.599. The maximum Gasteiger partial charge on any atom is 0.243 e. The van der Waals surface area contributed by atoms with Crippen LogP contribution in [0.4, 0.5) is 5.69 Å². The van der Waals surface area contributed by atoms with E-state index >= 15 is 0 Å². The summed E-state index contributed by atoms with van der Waals surface area (Å²) in [6, 6.07) is 10.8. The summed E-state index contributed by atoms with van der Waals surface area (Å²) in [4.78, 5) is 15.0. The van der Waals surface area contributed by atoms with Gasteiger partial charge in [0, 0.05) is 24.8 Å². The largest absolute Gasteiger partial charge is 0.371 e. The average molecular weight is 356 g/mol. The molecule has 3 fully saturated rings. The molecule has 2 aliphatic carbocycles. The van der Waals surface area contributed by atoms with Gasteiger partial charge in [0.25, 0.3) is 0 Å². The van der Waals surface area contributed by atoms with Crippen molar-refractivity contribution < 1.29 is 4.79 Å². The van der Waals surface area contributed by atoms with Gasteiger partial charge in [-0.1, -0.05) is 50.3 Å². The molecule has 0 bridgehead atoms. The Hall–Kier alpha value is -1.55. The molecule has 4 nitrogen and oxygen atoms in total. The number of fused-ring (bicyclic) bond motifs is 1. The number of amides is 1. The standard InChI is InChI=1S/C22H33N3O/c23-21(26)22(24-18-9-2-1-3-10-18)13-15-25(16-14-22)20-12-6-8-17-7-4-5-11-19(17)20/h1-3,9-10,17,19-20,24H,4-8,11-16H2,(H2,23,26)/t17-,19-,20-/m0/s1. The second-order valence-electron chi connectivity index (χ2n) is 8.68. The Balaban J connectivity index is 1.44. The minimum Gasteiger partial charge on any atom is -0.371 e. The topological polar surface area (TPSA) is 58.4 Å². The maximum absolute atomic E-state index is 12.3. The van der Waals surface area contributed by atoms with Crippen molar-refractivity contribution in [1.29, 1.82) is 0 Å². The van der Waals surface area contributed by atoms with E-state index in [1.807, 2.05) is 30.3 Å². The number of para-hydroxylation sites is 1. The van der Waals surface area contributed by atoms with E-state index < -0.39 is 5.54 Å². The van der Waals surface area contributed by atoms with Crippen molar-refractivity contribution in [1.82, 2.24) is 4.90 Å². The molecule has 26 heavy (non-hydrogen) atoms. The Morgan fingerprint density at radius 1 is 1.00 bits per heavy atom. The molecule has 3 aliphatic rings. The second kappa shape index (κ2) is 7.59. The Morgan fingerprint density at radius 2 is 1.69 bits per heavy atom. The highest BCUT2D eigenvalue weighted by molar-refractivity contribution is 5.88. The molecule has 0 spiro atoms. The van der Waals surface area contributed by atoms with Crippen molar-refractivity contribution in [3.8, 4) is 0 Å². The summed E-state index contributed by atoms with van der Waals surface area (Å²) in [5.74, 6) is 1.63. The van der Waals surface area contributed by atoms with E-state index in [9.17, 15) is 4.79 Å². The average Bonchev–Trinajstić information content (AvgIpc) is 2.69. The van der Waals surface area contributed by atoms with Crippen LogP contribution in [0.2, 0.25) is 0 Å². The van der Waals surface area contributed by atoms with E-state index in [-0.39, 0.29) is 5.91 Å². The third-order valence-electron chi connectivity index (χ3n) is 7.29. The molecule has 1 aromatic carbocycles. The number of nitrogens with two attached hydrogens (primary N) is 1. The maximum atomic E-state index is 12.3. The molecule has 1 aromatic rings. The number of carbonyl (C=O) groups excluding carboxylic acids is 1. The third kappa shape index (κ3) is 3.48. The Morgan fingerprint density at radius 3 is 2.42 bits per heavy atom. The SMILES string of the molecule is NC(=O)C1(Nc2ccccc2)CCN([C@H]2CCC[C@@H]3CCCC[C@@H]32)CC1. The fourth-order valence-electron chi connectivity index (χ4n) is 5.83. The monoisotopic (exact) mass is 355 g/mol. The molecule has 1 aliphatic heterocycles. The van der Waals surface area contributed by atoms with E-state index in [1.165, 1.54) is 44.9 Å². The van der Waals surface area contributed by atoms with E-state index in [0.29, 0.717) is 0 Å². The molecule has 1 amide bonds. The fraction of sp³-hybridized carbons (Fsp3) is 0.682. The highest BCUT2D eigenvalue weighted by Gasteiger charge is 2.44. The molecule has 3 atom stereocenters. The molecule has 4 heteroatoms. The van der Waals surface area contributed by atoms with Gasteiger partial charge in [-0.25, -0.2) is 0 Å². The lowest BCUT2D eigenvalue weighted by Gasteiger charge is -2.50. The normalized spacial score (nSPS) is 31.8. The molecular weight excluding hydrogens is 322 g/mol. The minimum absolute atomic E-state index is 0.208. The Labute approximate surface area is 157 Å². The highest BCUT2D eigenvalue weighted by atomic mass is 16.1. The first-order valence-corrected chi connectivity index (χ1v) is 10.6. The summed E-state index contributed by atoms with van der Waals surface area (Å²) in [7, 11) is 0. The summed E-state index contributed by atoms with van der Waals surface area (Å²) >= 11 is 0. The third-order valence-corrected chi connectivity index (χ3v) is 7.29. The summed E-state index contributed by atoms with van der Waals surface area (Å²) in [6.07, 6.45) is 11.5. The van der Waals surface area contributed by atoms with Gasteiger partial charge in [-0.05, 0) is 49.7 Å². The second-order valence-corrected chi connectivity index (χ2v) is 8.68. The van der Waals surface area contributed by atoms with Gasteiger partial charge in [0.1, 0.15) is 5.54 Å². The molecule has 142 valence electrons. The van der Waals surface area contributed by atoms with Gasteiger partial charge in [0.2, 0.25) is 5.91 Å². The summed E-state index contributed by atoms with van der Waals surface area (Å²) in [5.41, 5.74) is 6.25. The van der Waals surface area contributed by atoms with Gasteiger partial charge in [-0.15, -0.1) is 0 Å². The predicted octanol–water partition coefficient (Wildman–Crippen LogP) is 3.78. The lowest BCUT2D eigenvalue weighted by molar-refractivity contribution is -0.124. The van der Waals surface area contributed by atoms with Gasteiger partial charge >= 0.3 is 0 Å². The quantitative estimate of drug-likeness (QED) is 0.864. The van der Waals surface area contributed by atoms with Crippen LogP contribution in [0.25, 0.3) is 0 Å². The number of piperidine rings is 1. The molecule has 0 aromatic heterocycles. The number of benzene rings is 1. The van der Waals surface area contributed by atoms with Gasteiger partial charge in [0.05, 0.1) is 0 Å². The van der Waals surface area contributed by atoms with Crippen LogP contribution in [0.3, 0.4) is 0 Å².